The van der Waals surface area contributed by atoms with Crippen LogP contribution >= 0.6 is 11.6 Å². The second kappa shape index (κ2) is 12.0. The van der Waals surface area contributed by atoms with Crippen LogP contribution in [0.2, 0.25) is 5.02 Å². The average Bonchev–Trinajstić information content (AvgIpc) is 3.52. The third-order valence-corrected chi connectivity index (χ3v) is 7.18. The summed E-state index contributed by atoms with van der Waals surface area (Å²) in [6.07, 6.45) is -1.04. The number of benzene rings is 3. The minimum absolute atomic E-state index is 0.0392. The molecule has 0 aliphatic rings. The topological polar surface area (TPSA) is 104 Å². The van der Waals surface area contributed by atoms with Gasteiger partial charge in [0.05, 0.1) is 57.2 Å². The highest BCUT2D eigenvalue weighted by Gasteiger charge is 2.34. The van der Waals surface area contributed by atoms with E-state index in [4.69, 9.17) is 11.6 Å². The van der Waals surface area contributed by atoms with Gasteiger partial charge in [0.2, 0.25) is 5.95 Å². The van der Waals surface area contributed by atoms with Crippen molar-refractivity contribution in [1.29, 1.82) is 5.26 Å². The molecule has 3 aromatic carbocycles. The highest BCUT2D eigenvalue weighted by molar-refractivity contribution is 6.36. The van der Waals surface area contributed by atoms with Crippen molar-refractivity contribution in [1.82, 2.24) is 25.0 Å². The van der Waals surface area contributed by atoms with Gasteiger partial charge in [-0.05, 0) is 42.0 Å². The van der Waals surface area contributed by atoms with E-state index in [9.17, 15) is 31.6 Å². The van der Waals surface area contributed by atoms with Gasteiger partial charge in [-0.2, -0.15) is 22.8 Å². The molecule has 0 radical (unpaired) electrons. The van der Waals surface area contributed by atoms with Crippen molar-refractivity contribution < 1.29 is 26.3 Å². The number of fused-ring (bicyclic) bond motifs is 1. The minimum Gasteiger partial charge on any atom is -0.373 e. The van der Waals surface area contributed by atoms with E-state index < -0.39 is 35.4 Å². The van der Waals surface area contributed by atoms with Gasteiger partial charge in [-0.1, -0.05) is 41.1 Å². The van der Waals surface area contributed by atoms with Crippen molar-refractivity contribution in [2.45, 2.75) is 12.2 Å². The number of alkyl halides is 3. The van der Waals surface area contributed by atoms with Crippen molar-refractivity contribution >= 4 is 39.6 Å². The zero-order chi connectivity index (χ0) is 32.6. The second-order valence-electron chi connectivity index (χ2n) is 9.87. The summed E-state index contributed by atoms with van der Waals surface area (Å²) >= 11 is 6.60. The van der Waals surface area contributed by atoms with Gasteiger partial charge in [-0.15, -0.1) is 5.10 Å². The summed E-state index contributed by atoms with van der Waals surface area (Å²) in [5.41, 5.74) is 0.327. The molecular weight excluding hydrogens is 634 g/mol. The molecule has 0 aliphatic carbocycles. The number of nitrogens with one attached hydrogen (secondary N) is 2. The Hall–Kier alpha value is -5.68. The van der Waals surface area contributed by atoms with E-state index in [2.05, 4.69) is 30.9 Å². The lowest BCUT2D eigenvalue weighted by Crippen LogP contribution is -2.13. The molecule has 0 aliphatic heterocycles. The van der Waals surface area contributed by atoms with Crippen molar-refractivity contribution in [3.63, 3.8) is 0 Å². The number of rotatable bonds is 7. The van der Waals surface area contributed by atoms with Crippen molar-refractivity contribution in [2.24, 2.45) is 0 Å². The standard InChI is InChI=1S/C31H17ClF6N8/c32-23-10-19(9-21-27(17(12-39)13-40-29(21)23)43-20-11-24(34)30(35)41-14-20)42-28(16-5-7-18(33)8-6-16)25-15-46(45-44-25)26-4-2-1-3-22(26)31(36,37)38/h1-11,13-15,28,42H,(H,40,43)/t28-/m0/s1. The van der Waals surface area contributed by atoms with Crippen LogP contribution in [-0.4, -0.2) is 25.0 Å². The average molecular weight is 651 g/mol. The predicted molar refractivity (Wildman–Crippen MR) is 157 cm³/mol. The summed E-state index contributed by atoms with van der Waals surface area (Å²) in [5.74, 6) is -3.03. The number of aromatic nitrogens is 5. The van der Waals surface area contributed by atoms with E-state index in [0.717, 1.165) is 23.0 Å². The lowest BCUT2D eigenvalue weighted by atomic mass is 10.0. The Morgan fingerprint density at radius 2 is 1.67 bits per heavy atom. The molecule has 0 bridgehead atoms. The first-order chi connectivity index (χ1) is 22.0. The van der Waals surface area contributed by atoms with Crippen molar-refractivity contribution in [3.8, 4) is 11.8 Å². The van der Waals surface area contributed by atoms with Crippen LogP contribution in [0.4, 0.5) is 43.4 Å². The Labute approximate surface area is 260 Å². The second-order valence-corrected chi connectivity index (χ2v) is 10.3. The summed E-state index contributed by atoms with van der Waals surface area (Å²) in [6.45, 7) is 0. The fourth-order valence-corrected chi connectivity index (χ4v) is 5.05. The Kier molecular flexibility index (Phi) is 7.93. The van der Waals surface area contributed by atoms with Gasteiger partial charge in [0.25, 0.3) is 0 Å². The molecule has 0 spiro atoms. The summed E-state index contributed by atoms with van der Waals surface area (Å²) in [6, 6.07) is 15.3. The van der Waals surface area contributed by atoms with Crippen LogP contribution in [0.15, 0.2) is 85.3 Å². The number of hydrogen-bond acceptors (Lipinski definition) is 7. The zero-order valence-electron chi connectivity index (χ0n) is 23.0. The van der Waals surface area contributed by atoms with E-state index in [1.807, 2.05) is 6.07 Å². The summed E-state index contributed by atoms with van der Waals surface area (Å²) < 4.78 is 83.4. The van der Waals surface area contributed by atoms with Gasteiger partial charge < -0.3 is 10.6 Å². The number of halogens is 7. The van der Waals surface area contributed by atoms with E-state index >= 15 is 0 Å². The highest BCUT2D eigenvalue weighted by Crippen LogP contribution is 2.37. The first-order valence-electron chi connectivity index (χ1n) is 13.2. The first-order valence-corrected chi connectivity index (χ1v) is 13.6. The Morgan fingerprint density at radius 3 is 2.39 bits per heavy atom. The maximum absolute atomic E-state index is 13.9. The van der Waals surface area contributed by atoms with E-state index in [0.29, 0.717) is 16.6 Å². The molecule has 6 rings (SSSR count). The molecule has 3 aromatic heterocycles. The smallest absolute Gasteiger partial charge is 0.373 e. The number of para-hydroxylation sites is 1. The third-order valence-electron chi connectivity index (χ3n) is 6.89. The van der Waals surface area contributed by atoms with Crippen molar-refractivity contribution in [2.75, 3.05) is 10.6 Å². The van der Waals surface area contributed by atoms with E-state index in [1.165, 1.54) is 60.9 Å². The molecular formula is C31H17ClF6N8. The van der Waals surface area contributed by atoms with Crippen LogP contribution in [0.5, 0.6) is 0 Å². The molecule has 0 saturated carbocycles. The summed E-state index contributed by atoms with van der Waals surface area (Å²) in [7, 11) is 0. The number of hydrogen-bond donors (Lipinski definition) is 2. The molecule has 15 heteroatoms. The van der Waals surface area contributed by atoms with Crippen LogP contribution in [0.1, 0.15) is 28.4 Å². The van der Waals surface area contributed by atoms with Gasteiger partial charge in [0, 0.05) is 23.3 Å². The van der Waals surface area contributed by atoms with Gasteiger partial charge in [0.15, 0.2) is 5.82 Å². The molecule has 1 atom stereocenters. The lowest BCUT2D eigenvalue weighted by molar-refractivity contribution is -0.137. The molecule has 3 heterocycles. The molecule has 2 N–H and O–H groups in total. The number of pyridine rings is 2. The SMILES string of the molecule is N#Cc1cnc2c(Cl)cc(N[C@@H](c3ccc(F)cc3)c3cn(-c4ccccc4C(F)(F)F)nn3)cc2c1Nc1cnc(F)c(F)c1. The van der Waals surface area contributed by atoms with Gasteiger partial charge in [0.1, 0.15) is 17.6 Å². The first kappa shape index (κ1) is 30.4. The molecule has 46 heavy (non-hydrogen) atoms. The number of nitriles is 1. The normalized spacial score (nSPS) is 12.1. The molecule has 8 nitrogen and oxygen atoms in total. The fraction of sp³-hybridized carbons (Fsp3) is 0.0645. The van der Waals surface area contributed by atoms with E-state index in [1.54, 1.807) is 6.07 Å². The van der Waals surface area contributed by atoms with Gasteiger partial charge in [-0.25, -0.2) is 18.4 Å². The zero-order valence-corrected chi connectivity index (χ0v) is 23.7. The van der Waals surface area contributed by atoms with E-state index in [-0.39, 0.29) is 38.9 Å². The van der Waals surface area contributed by atoms with Crippen molar-refractivity contribution in [3.05, 3.63) is 130 Å². The van der Waals surface area contributed by atoms with Crippen LogP contribution in [0.25, 0.3) is 16.6 Å². The third kappa shape index (κ3) is 6.00. The Morgan fingerprint density at radius 1 is 0.913 bits per heavy atom. The molecule has 230 valence electrons. The molecule has 6 aromatic rings. The van der Waals surface area contributed by atoms with Crippen LogP contribution < -0.4 is 10.6 Å². The Balaban J connectivity index is 1.45. The lowest BCUT2D eigenvalue weighted by Gasteiger charge is -2.20. The predicted octanol–water partition coefficient (Wildman–Crippen LogP) is 8.12. The quantitative estimate of drug-likeness (QED) is 0.133. The Bertz CT molecular complexity index is 2130. The molecule has 0 amide bonds. The maximum Gasteiger partial charge on any atom is 0.418 e. The largest absolute Gasteiger partial charge is 0.418 e. The number of anilines is 3. The molecule has 0 fully saturated rings. The summed E-state index contributed by atoms with van der Waals surface area (Å²) in [4.78, 5) is 7.62. The maximum atomic E-state index is 13.9. The van der Waals surface area contributed by atoms with Crippen LogP contribution in [0, 0.1) is 28.9 Å². The number of nitrogens with zero attached hydrogens (tertiary/aromatic N) is 6. The van der Waals surface area contributed by atoms with Gasteiger partial charge in [-0.3, -0.25) is 4.98 Å². The minimum atomic E-state index is -4.66. The summed E-state index contributed by atoms with van der Waals surface area (Å²) in [5, 5.41) is 24.4. The van der Waals surface area contributed by atoms with Crippen LogP contribution in [0.3, 0.4) is 0 Å². The molecule has 0 unspecified atom stereocenters. The van der Waals surface area contributed by atoms with Crippen LogP contribution in [-0.2, 0) is 6.18 Å². The molecule has 0 saturated heterocycles. The fourth-order valence-electron chi connectivity index (χ4n) is 4.79. The van der Waals surface area contributed by atoms with Gasteiger partial charge >= 0.3 is 6.18 Å². The monoisotopic (exact) mass is 650 g/mol. The highest BCUT2D eigenvalue weighted by atomic mass is 35.5.